The number of rotatable bonds is 7. The maximum absolute atomic E-state index is 12.3. The highest BCUT2D eigenvalue weighted by atomic mass is 35.5. The normalized spacial score (nSPS) is 11.2. The van der Waals surface area contributed by atoms with E-state index in [-0.39, 0.29) is 5.57 Å². The number of benzene rings is 2. The van der Waals surface area contributed by atoms with Crippen molar-refractivity contribution in [2.24, 2.45) is 0 Å². The Hall–Kier alpha value is -2.37. The van der Waals surface area contributed by atoms with Crippen LogP contribution in [0.5, 0.6) is 11.5 Å². The van der Waals surface area contributed by atoms with Crippen LogP contribution in [0.2, 0.25) is 10.0 Å². The van der Waals surface area contributed by atoms with E-state index in [9.17, 15) is 9.90 Å². The van der Waals surface area contributed by atoms with Gasteiger partial charge >= 0.3 is 0 Å². The molecule has 138 valence electrons. The number of nitrogens with one attached hydrogen (secondary N) is 1. The molecule has 1 amide bonds. The fraction of sp³-hybridized carbons (Fsp3) is 0.211. The summed E-state index contributed by atoms with van der Waals surface area (Å²) in [6, 6.07) is 10.3. The van der Waals surface area contributed by atoms with Crippen molar-refractivity contribution in [2.75, 3.05) is 20.8 Å². The van der Waals surface area contributed by atoms with E-state index in [1.54, 1.807) is 26.4 Å². The molecule has 7 heteroatoms. The molecular formula is C19H19Cl2NO4. The van der Waals surface area contributed by atoms with E-state index < -0.39 is 5.91 Å². The number of methoxy groups -OCH3 is 2. The molecule has 0 atom stereocenters. The Bertz CT molecular complexity index is 821. The molecule has 0 saturated heterocycles. The molecule has 2 aromatic carbocycles. The van der Waals surface area contributed by atoms with E-state index in [1.165, 1.54) is 6.07 Å². The molecule has 0 radical (unpaired) electrons. The van der Waals surface area contributed by atoms with E-state index >= 15 is 0 Å². The Morgan fingerprint density at radius 3 is 2.42 bits per heavy atom. The zero-order valence-electron chi connectivity index (χ0n) is 14.4. The first-order valence-electron chi connectivity index (χ1n) is 7.79. The first-order valence-corrected chi connectivity index (χ1v) is 8.54. The van der Waals surface area contributed by atoms with Crippen LogP contribution >= 0.6 is 23.2 Å². The Morgan fingerprint density at radius 1 is 1.08 bits per heavy atom. The van der Waals surface area contributed by atoms with E-state index in [0.29, 0.717) is 40.1 Å². The van der Waals surface area contributed by atoms with Crippen LogP contribution in [0, 0.1) is 0 Å². The van der Waals surface area contributed by atoms with Crippen LogP contribution < -0.4 is 14.8 Å². The van der Waals surface area contributed by atoms with Crippen LogP contribution in [0.25, 0.3) is 5.57 Å². The summed E-state index contributed by atoms with van der Waals surface area (Å²) in [6.45, 7) is 0.382. The van der Waals surface area contributed by atoms with Crippen LogP contribution in [0.1, 0.15) is 11.1 Å². The second kappa shape index (κ2) is 9.36. The van der Waals surface area contributed by atoms with Gasteiger partial charge in [0.1, 0.15) is 0 Å². The van der Waals surface area contributed by atoms with Gasteiger partial charge in [0.25, 0.3) is 5.91 Å². The molecule has 5 nitrogen and oxygen atoms in total. The smallest absolute Gasteiger partial charge is 0.255 e. The van der Waals surface area contributed by atoms with E-state index in [2.05, 4.69) is 5.32 Å². The number of amides is 1. The zero-order valence-corrected chi connectivity index (χ0v) is 15.9. The maximum Gasteiger partial charge on any atom is 0.255 e. The lowest BCUT2D eigenvalue weighted by Crippen LogP contribution is -2.26. The highest BCUT2D eigenvalue weighted by molar-refractivity contribution is 6.42. The third-order valence-corrected chi connectivity index (χ3v) is 4.49. The summed E-state index contributed by atoms with van der Waals surface area (Å²) in [6.07, 6.45) is 1.34. The molecule has 0 bridgehead atoms. The van der Waals surface area contributed by atoms with Crippen LogP contribution in [-0.4, -0.2) is 31.8 Å². The molecule has 2 aromatic rings. The highest BCUT2D eigenvalue weighted by Gasteiger charge is 2.13. The molecule has 0 heterocycles. The Labute approximate surface area is 162 Å². The van der Waals surface area contributed by atoms with Gasteiger partial charge in [-0.25, -0.2) is 0 Å². The van der Waals surface area contributed by atoms with Crippen molar-refractivity contribution in [3.63, 3.8) is 0 Å². The average Bonchev–Trinajstić information content (AvgIpc) is 2.65. The summed E-state index contributed by atoms with van der Waals surface area (Å²) in [5.41, 5.74) is 1.56. The zero-order chi connectivity index (χ0) is 19.1. The third-order valence-electron chi connectivity index (χ3n) is 3.75. The third kappa shape index (κ3) is 4.84. The fourth-order valence-corrected chi connectivity index (χ4v) is 2.68. The van der Waals surface area contributed by atoms with Crippen molar-refractivity contribution < 1.29 is 19.4 Å². The van der Waals surface area contributed by atoms with Gasteiger partial charge in [0.15, 0.2) is 11.5 Å². The van der Waals surface area contributed by atoms with E-state index in [4.69, 9.17) is 32.7 Å². The van der Waals surface area contributed by atoms with Gasteiger partial charge in [0.2, 0.25) is 0 Å². The molecule has 0 aromatic heterocycles. The molecule has 0 spiro atoms. The summed E-state index contributed by atoms with van der Waals surface area (Å²) < 4.78 is 10.5. The molecule has 2 rings (SSSR count). The second-order valence-electron chi connectivity index (χ2n) is 5.37. The predicted molar refractivity (Wildman–Crippen MR) is 103 cm³/mol. The molecule has 26 heavy (non-hydrogen) atoms. The van der Waals surface area contributed by atoms with Gasteiger partial charge in [0, 0.05) is 6.54 Å². The minimum absolute atomic E-state index is 0.107. The van der Waals surface area contributed by atoms with E-state index in [1.807, 2.05) is 18.2 Å². The predicted octanol–water partition coefficient (Wildman–Crippen LogP) is 4.27. The molecule has 2 N–H and O–H groups in total. The standard InChI is InChI=1S/C19H19Cl2NO4/c1-25-17-6-3-12(9-18(17)26-2)7-8-22-19(24)14(11-23)13-4-5-15(20)16(21)10-13/h3-6,9-11,23H,7-8H2,1-2H3,(H,22,24). The van der Waals surface area contributed by atoms with Crippen LogP contribution in [0.3, 0.4) is 0 Å². The topological polar surface area (TPSA) is 67.8 Å². The highest BCUT2D eigenvalue weighted by Crippen LogP contribution is 2.28. The Kier molecular flexibility index (Phi) is 7.18. The van der Waals surface area contributed by atoms with Crippen molar-refractivity contribution in [3.8, 4) is 11.5 Å². The van der Waals surface area contributed by atoms with Gasteiger partial charge in [-0.3, -0.25) is 4.79 Å². The summed E-state index contributed by atoms with van der Waals surface area (Å²) in [7, 11) is 3.14. The number of hydrogen-bond acceptors (Lipinski definition) is 4. The minimum atomic E-state index is -0.411. The molecule has 0 aliphatic carbocycles. The fourth-order valence-electron chi connectivity index (χ4n) is 2.38. The molecular weight excluding hydrogens is 377 g/mol. The van der Waals surface area contributed by atoms with Crippen molar-refractivity contribution in [2.45, 2.75) is 6.42 Å². The summed E-state index contributed by atoms with van der Waals surface area (Å²) in [4.78, 5) is 12.3. The SMILES string of the molecule is COc1ccc(CCNC(=O)C(=CO)c2ccc(Cl)c(Cl)c2)cc1OC. The largest absolute Gasteiger partial charge is 0.515 e. The van der Waals surface area contributed by atoms with Gasteiger partial charge < -0.3 is 19.9 Å². The quantitative estimate of drug-likeness (QED) is 0.542. The maximum atomic E-state index is 12.3. The van der Waals surface area contributed by atoms with Gasteiger partial charge in [0.05, 0.1) is 36.1 Å². The van der Waals surface area contributed by atoms with Crippen molar-refractivity contribution in [3.05, 3.63) is 63.8 Å². The molecule has 0 unspecified atom stereocenters. The van der Waals surface area contributed by atoms with Crippen molar-refractivity contribution in [1.29, 1.82) is 0 Å². The molecule has 0 aliphatic rings. The number of ether oxygens (including phenoxy) is 2. The summed E-state index contributed by atoms with van der Waals surface area (Å²) in [5, 5.41) is 12.9. The number of hydrogen-bond donors (Lipinski definition) is 2. The number of aliphatic hydroxyl groups excluding tert-OH is 1. The van der Waals surface area contributed by atoms with Crippen LogP contribution in [0.15, 0.2) is 42.7 Å². The van der Waals surface area contributed by atoms with Gasteiger partial charge in [-0.15, -0.1) is 0 Å². The lowest BCUT2D eigenvalue weighted by atomic mass is 10.1. The van der Waals surface area contributed by atoms with Gasteiger partial charge in [-0.05, 0) is 41.8 Å². The lowest BCUT2D eigenvalue weighted by molar-refractivity contribution is -0.115. The number of halogens is 2. The van der Waals surface area contributed by atoms with Gasteiger partial charge in [-0.1, -0.05) is 35.3 Å². The molecule has 0 aliphatic heterocycles. The van der Waals surface area contributed by atoms with Gasteiger partial charge in [-0.2, -0.15) is 0 Å². The lowest BCUT2D eigenvalue weighted by Gasteiger charge is -2.11. The second-order valence-corrected chi connectivity index (χ2v) is 6.18. The summed E-state index contributed by atoms with van der Waals surface area (Å²) >= 11 is 11.8. The Morgan fingerprint density at radius 2 is 1.81 bits per heavy atom. The molecule has 0 saturated carbocycles. The average molecular weight is 396 g/mol. The van der Waals surface area contributed by atoms with E-state index in [0.717, 1.165) is 11.8 Å². The first-order chi connectivity index (χ1) is 12.5. The van der Waals surface area contributed by atoms with Crippen molar-refractivity contribution >= 4 is 34.7 Å². The number of carbonyl (C=O) groups is 1. The van der Waals surface area contributed by atoms with Crippen molar-refractivity contribution in [1.82, 2.24) is 5.32 Å². The molecule has 0 fully saturated rings. The summed E-state index contributed by atoms with van der Waals surface area (Å²) in [5.74, 6) is 0.861. The van der Waals surface area contributed by atoms with Crippen LogP contribution in [0.4, 0.5) is 0 Å². The first kappa shape index (κ1) is 19.9. The number of carbonyl (C=O) groups excluding carboxylic acids is 1. The monoisotopic (exact) mass is 395 g/mol. The number of aliphatic hydroxyl groups is 1. The Balaban J connectivity index is 2.00. The van der Waals surface area contributed by atoms with Crippen LogP contribution in [-0.2, 0) is 11.2 Å². The minimum Gasteiger partial charge on any atom is -0.515 e.